The molecule has 2 aromatic rings. The first-order chi connectivity index (χ1) is 13.8. The van der Waals surface area contributed by atoms with Crippen LogP contribution in [0.5, 0.6) is 5.75 Å². The third-order valence-electron chi connectivity index (χ3n) is 4.36. The first kappa shape index (κ1) is 20.3. The zero-order valence-electron chi connectivity index (χ0n) is 16.0. The van der Waals surface area contributed by atoms with Crippen LogP contribution in [-0.4, -0.2) is 49.7 Å². The van der Waals surface area contributed by atoms with Crippen LogP contribution in [0.1, 0.15) is 29.4 Å². The van der Waals surface area contributed by atoms with Crippen LogP contribution >= 0.6 is 0 Å². The lowest BCUT2D eigenvalue weighted by molar-refractivity contribution is -0.0904. The highest BCUT2D eigenvalue weighted by Crippen LogP contribution is 2.18. The van der Waals surface area contributed by atoms with Gasteiger partial charge in [0, 0.05) is 18.8 Å². The fourth-order valence-electron chi connectivity index (χ4n) is 2.96. The van der Waals surface area contributed by atoms with Crippen molar-refractivity contribution in [3.05, 3.63) is 59.9 Å². The van der Waals surface area contributed by atoms with Crippen molar-refractivity contribution >= 4 is 5.97 Å². The Morgan fingerprint density at radius 2 is 2.07 bits per heavy atom. The van der Waals surface area contributed by atoms with E-state index in [1.165, 1.54) is 0 Å². The normalized spacial score (nSPS) is 18.8. The molecule has 7 heteroatoms. The van der Waals surface area contributed by atoms with Crippen LogP contribution in [0.4, 0.5) is 0 Å². The molecule has 1 aliphatic heterocycles. The Morgan fingerprint density at radius 1 is 1.21 bits per heavy atom. The Bertz CT molecular complexity index is 741. The molecule has 1 aliphatic rings. The van der Waals surface area contributed by atoms with Crippen molar-refractivity contribution in [1.29, 1.82) is 0 Å². The van der Waals surface area contributed by atoms with Crippen LogP contribution in [-0.2, 0) is 20.8 Å². The Hall–Kier alpha value is -2.48. The highest BCUT2D eigenvalue weighted by molar-refractivity contribution is 5.90. The molecule has 0 amide bonds. The minimum atomic E-state index is -0.478. The fourth-order valence-corrected chi connectivity index (χ4v) is 2.96. The van der Waals surface area contributed by atoms with Gasteiger partial charge in [0.1, 0.15) is 13.4 Å². The molecule has 0 aliphatic carbocycles. The van der Waals surface area contributed by atoms with Gasteiger partial charge < -0.3 is 24.3 Å². The zero-order valence-corrected chi connectivity index (χ0v) is 16.0. The van der Waals surface area contributed by atoms with Gasteiger partial charge in [-0.05, 0) is 31.0 Å². The standard InChI is InChI=1S/C21H26N2O5/c1-2-26-21(24)20-19(9-6-10-22-20)27-14-17-11-18(12-23-17)28-15-25-13-16-7-4-3-5-8-16/h3-10,17-18,23H,2,11-15H2,1H3/t17-,18-/m1/s1. The van der Waals surface area contributed by atoms with Crippen molar-refractivity contribution in [2.24, 2.45) is 0 Å². The summed E-state index contributed by atoms with van der Waals surface area (Å²) < 4.78 is 22.2. The minimum Gasteiger partial charge on any atom is -0.489 e. The van der Waals surface area contributed by atoms with Crippen molar-refractivity contribution in [2.45, 2.75) is 32.1 Å². The first-order valence-corrected chi connectivity index (χ1v) is 9.48. The lowest BCUT2D eigenvalue weighted by Crippen LogP contribution is -2.28. The second-order valence-corrected chi connectivity index (χ2v) is 6.46. The number of aromatic nitrogens is 1. The van der Waals surface area contributed by atoms with E-state index in [9.17, 15) is 4.79 Å². The van der Waals surface area contributed by atoms with Gasteiger partial charge in [-0.15, -0.1) is 0 Å². The number of benzene rings is 1. The summed E-state index contributed by atoms with van der Waals surface area (Å²) in [6.07, 6.45) is 2.43. The van der Waals surface area contributed by atoms with Gasteiger partial charge in [0.25, 0.3) is 0 Å². The number of pyridine rings is 1. The van der Waals surface area contributed by atoms with Crippen LogP contribution in [0.3, 0.4) is 0 Å². The van der Waals surface area contributed by atoms with E-state index in [-0.39, 0.29) is 24.6 Å². The van der Waals surface area contributed by atoms with Gasteiger partial charge in [0.2, 0.25) is 0 Å². The van der Waals surface area contributed by atoms with E-state index in [4.69, 9.17) is 18.9 Å². The smallest absolute Gasteiger partial charge is 0.360 e. The molecule has 1 fully saturated rings. The number of nitrogens with one attached hydrogen (secondary N) is 1. The summed E-state index contributed by atoms with van der Waals surface area (Å²) in [4.78, 5) is 16.0. The maximum absolute atomic E-state index is 11.9. The highest BCUT2D eigenvalue weighted by atomic mass is 16.7. The number of ether oxygens (including phenoxy) is 4. The predicted molar refractivity (Wildman–Crippen MR) is 103 cm³/mol. The fraction of sp³-hybridized carbons (Fsp3) is 0.429. The molecule has 1 saturated heterocycles. The van der Waals surface area contributed by atoms with E-state index in [2.05, 4.69) is 10.3 Å². The highest BCUT2D eigenvalue weighted by Gasteiger charge is 2.26. The second kappa shape index (κ2) is 10.8. The molecule has 2 atom stereocenters. The molecule has 7 nitrogen and oxygen atoms in total. The summed E-state index contributed by atoms with van der Waals surface area (Å²) in [7, 11) is 0. The Labute approximate surface area is 165 Å². The molecule has 3 rings (SSSR count). The molecule has 1 aromatic heterocycles. The number of carbonyl (C=O) groups is 1. The Kier molecular flexibility index (Phi) is 7.78. The van der Waals surface area contributed by atoms with E-state index in [1.807, 2.05) is 30.3 Å². The van der Waals surface area contributed by atoms with Crippen molar-refractivity contribution < 1.29 is 23.7 Å². The lowest BCUT2D eigenvalue weighted by Gasteiger charge is -2.14. The van der Waals surface area contributed by atoms with Gasteiger partial charge in [0.15, 0.2) is 11.4 Å². The minimum absolute atomic E-state index is 0.0720. The number of esters is 1. The van der Waals surface area contributed by atoms with Gasteiger partial charge in [-0.25, -0.2) is 9.78 Å². The molecule has 0 saturated carbocycles. The number of carbonyl (C=O) groups excluding carboxylic acids is 1. The van der Waals surface area contributed by atoms with Gasteiger partial charge in [-0.1, -0.05) is 30.3 Å². The van der Waals surface area contributed by atoms with Crippen LogP contribution in [0.15, 0.2) is 48.7 Å². The van der Waals surface area contributed by atoms with Crippen LogP contribution in [0.25, 0.3) is 0 Å². The van der Waals surface area contributed by atoms with Crippen LogP contribution in [0.2, 0.25) is 0 Å². The molecule has 150 valence electrons. The van der Waals surface area contributed by atoms with E-state index < -0.39 is 5.97 Å². The first-order valence-electron chi connectivity index (χ1n) is 9.48. The summed E-state index contributed by atoms with van der Waals surface area (Å²) in [5.74, 6) is -0.0485. The summed E-state index contributed by atoms with van der Waals surface area (Å²) >= 11 is 0. The van der Waals surface area contributed by atoms with E-state index >= 15 is 0 Å². The van der Waals surface area contributed by atoms with E-state index in [0.717, 1.165) is 18.5 Å². The summed E-state index contributed by atoms with van der Waals surface area (Å²) in [5.41, 5.74) is 1.32. The van der Waals surface area contributed by atoms with Gasteiger partial charge in [-0.2, -0.15) is 0 Å². The number of hydrogen-bond donors (Lipinski definition) is 1. The third-order valence-corrected chi connectivity index (χ3v) is 4.36. The van der Waals surface area contributed by atoms with Gasteiger partial charge in [0.05, 0.1) is 19.3 Å². The van der Waals surface area contributed by atoms with Crippen molar-refractivity contribution in [3.8, 4) is 5.75 Å². The monoisotopic (exact) mass is 386 g/mol. The van der Waals surface area contributed by atoms with Gasteiger partial charge >= 0.3 is 5.97 Å². The molecule has 0 spiro atoms. The van der Waals surface area contributed by atoms with Crippen molar-refractivity contribution in [3.63, 3.8) is 0 Å². The quantitative estimate of drug-likeness (QED) is 0.382. The van der Waals surface area contributed by atoms with Gasteiger partial charge in [-0.3, -0.25) is 0 Å². The molecule has 28 heavy (non-hydrogen) atoms. The van der Waals surface area contributed by atoms with Crippen LogP contribution < -0.4 is 10.1 Å². The second-order valence-electron chi connectivity index (χ2n) is 6.46. The molecule has 1 aromatic carbocycles. The zero-order chi connectivity index (χ0) is 19.6. The lowest BCUT2D eigenvalue weighted by atomic mass is 10.2. The number of hydrogen-bond acceptors (Lipinski definition) is 7. The average Bonchev–Trinajstić information content (AvgIpc) is 3.19. The maximum Gasteiger partial charge on any atom is 0.360 e. The van der Waals surface area contributed by atoms with Crippen molar-refractivity contribution in [2.75, 3.05) is 26.6 Å². The Balaban J connectivity index is 1.38. The molecule has 0 unspecified atom stereocenters. The SMILES string of the molecule is CCOC(=O)c1ncccc1OC[C@H]1C[C@@H](OCOCc2ccccc2)CN1. The molecule has 0 radical (unpaired) electrons. The summed E-state index contributed by atoms with van der Waals surface area (Å²) in [6, 6.07) is 13.6. The molecular formula is C21H26N2O5. The van der Waals surface area contributed by atoms with E-state index in [0.29, 0.717) is 25.6 Å². The topological polar surface area (TPSA) is 78.9 Å². The Morgan fingerprint density at radius 3 is 2.89 bits per heavy atom. The molecule has 1 N–H and O–H groups in total. The summed E-state index contributed by atoms with van der Waals surface area (Å²) in [6.45, 7) is 4.00. The summed E-state index contributed by atoms with van der Waals surface area (Å²) in [5, 5.41) is 3.37. The average molecular weight is 386 g/mol. The van der Waals surface area contributed by atoms with E-state index in [1.54, 1.807) is 25.3 Å². The largest absolute Gasteiger partial charge is 0.489 e. The molecule has 2 heterocycles. The number of rotatable bonds is 10. The van der Waals surface area contributed by atoms with Crippen LogP contribution in [0, 0.1) is 0 Å². The molecule has 0 bridgehead atoms. The number of nitrogens with zero attached hydrogens (tertiary/aromatic N) is 1. The molecular weight excluding hydrogens is 360 g/mol. The maximum atomic E-state index is 11.9. The third kappa shape index (κ3) is 6.02. The van der Waals surface area contributed by atoms with Crippen molar-refractivity contribution in [1.82, 2.24) is 10.3 Å². The predicted octanol–water partition coefficient (Wildman–Crippen LogP) is 2.56.